The van der Waals surface area contributed by atoms with Crippen LogP contribution in [0.25, 0.3) is 10.2 Å². The van der Waals surface area contributed by atoms with E-state index < -0.39 is 17.5 Å². The Morgan fingerprint density at radius 2 is 1.93 bits per heavy atom. The van der Waals surface area contributed by atoms with Gasteiger partial charge in [-0.25, -0.2) is 8.78 Å². The molecule has 0 aliphatic carbocycles. The van der Waals surface area contributed by atoms with E-state index in [-0.39, 0.29) is 22.4 Å². The molecule has 1 amide bonds. The molecule has 5 nitrogen and oxygen atoms in total. The van der Waals surface area contributed by atoms with Gasteiger partial charge < -0.3 is 14.0 Å². The molecule has 3 rings (SSSR count). The quantitative estimate of drug-likeness (QED) is 0.621. The largest absolute Gasteiger partial charge is 0.496 e. The zero-order valence-electron chi connectivity index (χ0n) is 14.7. The van der Waals surface area contributed by atoms with E-state index in [1.165, 1.54) is 24.9 Å². The number of carbonyl (C=O) groups excluding carboxylic acids is 1. The molecule has 0 radical (unpaired) electrons. The summed E-state index contributed by atoms with van der Waals surface area (Å²) in [5.74, 6) is -1.44. The Balaban J connectivity index is 2.25. The van der Waals surface area contributed by atoms with Gasteiger partial charge in [-0.1, -0.05) is 23.5 Å². The number of thiazole rings is 1. The summed E-state index contributed by atoms with van der Waals surface area (Å²) < 4.78 is 40.1. The van der Waals surface area contributed by atoms with E-state index in [1.807, 2.05) is 0 Å². The van der Waals surface area contributed by atoms with Crippen molar-refractivity contribution in [3.63, 3.8) is 0 Å². The second-order valence-electron chi connectivity index (χ2n) is 5.47. The molecule has 0 aliphatic rings. The summed E-state index contributed by atoms with van der Waals surface area (Å²) in [7, 11) is 2.86. The normalized spacial score (nSPS) is 11.6. The number of rotatable bonds is 5. The van der Waals surface area contributed by atoms with Crippen molar-refractivity contribution in [2.45, 2.75) is 6.54 Å². The van der Waals surface area contributed by atoms with Gasteiger partial charge in [-0.3, -0.25) is 4.79 Å². The Hall–Kier alpha value is -3.00. The van der Waals surface area contributed by atoms with Gasteiger partial charge in [0.1, 0.15) is 22.9 Å². The third-order valence-electron chi connectivity index (χ3n) is 3.85. The molecule has 27 heavy (non-hydrogen) atoms. The predicted octanol–water partition coefficient (Wildman–Crippen LogP) is 3.93. The van der Waals surface area contributed by atoms with Crippen LogP contribution < -0.4 is 14.3 Å². The molecule has 0 saturated heterocycles. The Kier molecular flexibility index (Phi) is 5.36. The Labute approximate surface area is 157 Å². The van der Waals surface area contributed by atoms with E-state index in [0.29, 0.717) is 16.2 Å². The maximum Gasteiger partial charge on any atom is 0.287 e. The third kappa shape index (κ3) is 3.48. The van der Waals surface area contributed by atoms with Crippen LogP contribution in [0.1, 0.15) is 10.4 Å². The first-order chi connectivity index (χ1) is 13.0. The van der Waals surface area contributed by atoms with Gasteiger partial charge in [-0.15, -0.1) is 6.58 Å². The summed E-state index contributed by atoms with van der Waals surface area (Å²) >= 11 is 1.01. The summed E-state index contributed by atoms with van der Waals surface area (Å²) in [5, 5.41) is 0. The number of hydrogen-bond acceptors (Lipinski definition) is 4. The molecule has 0 fully saturated rings. The molecule has 0 spiro atoms. The lowest BCUT2D eigenvalue weighted by atomic mass is 10.1. The van der Waals surface area contributed by atoms with Gasteiger partial charge in [0.2, 0.25) is 0 Å². The van der Waals surface area contributed by atoms with Gasteiger partial charge in [0.05, 0.1) is 24.4 Å². The van der Waals surface area contributed by atoms with Crippen LogP contribution in [-0.2, 0) is 6.54 Å². The number of aromatic nitrogens is 1. The number of amides is 1. The van der Waals surface area contributed by atoms with Crippen LogP contribution in [0, 0.1) is 11.6 Å². The second-order valence-corrected chi connectivity index (χ2v) is 6.48. The Bertz CT molecular complexity index is 1080. The first-order valence-electron chi connectivity index (χ1n) is 7.89. The minimum atomic E-state index is -0.730. The smallest absolute Gasteiger partial charge is 0.287 e. The Morgan fingerprint density at radius 3 is 2.52 bits per heavy atom. The highest BCUT2D eigenvalue weighted by atomic mass is 32.1. The van der Waals surface area contributed by atoms with Crippen LogP contribution in [0.15, 0.2) is 48.0 Å². The SMILES string of the molecule is C=CCn1c(=NC(=O)c2c(OC)cccc2OC)sc2cc(F)cc(F)c21. The predicted molar refractivity (Wildman–Crippen MR) is 99.4 cm³/mol. The van der Waals surface area contributed by atoms with Crippen LogP contribution in [-0.4, -0.2) is 24.7 Å². The molecule has 8 heteroatoms. The fourth-order valence-electron chi connectivity index (χ4n) is 2.72. The van der Waals surface area contributed by atoms with E-state index in [9.17, 15) is 13.6 Å². The maximum atomic E-state index is 14.3. The van der Waals surface area contributed by atoms with E-state index in [4.69, 9.17) is 9.47 Å². The molecular weight excluding hydrogens is 374 g/mol. The molecule has 0 aliphatic heterocycles. The number of ether oxygens (including phenoxy) is 2. The van der Waals surface area contributed by atoms with Crippen molar-refractivity contribution in [3.05, 3.63) is 65.0 Å². The minimum absolute atomic E-state index is 0.150. The number of hydrogen-bond donors (Lipinski definition) is 0. The van der Waals surface area contributed by atoms with Gasteiger partial charge in [-0.2, -0.15) is 4.99 Å². The Morgan fingerprint density at radius 1 is 1.26 bits per heavy atom. The third-order valence-corrected chi connectivity index (χ3v) is 4.87. The van der Waals surface area contributed by atoms with E-state index >= 15 is 0 Å². The molecular formula is C19H16F2N2O3S. The van der Waals surface area contributed by atoms with E-state index in [0.717, 1.165) is 17.4 Å². The number of allylic oxidation sites excluding steroid dienone is 1. The van der Waals surface area contributed by atoms with Crippen molar-refractivity contribution in [3.8, 4) is 11.5 Å². The number of carbonyl (C=O) groups is 1. The lowest BCUT2D eigenvalue weighted by Crippen LogP contribution is -2.17. The average Bonchev–Trinajstić information content (AvgIpc) is 2.98. The topological polar surface area (TPSA) is 52.8 Å². The van der Waals surface area contributed by atoms with Gasteiger partial charge >= 0.3 is 0 Å². The molecule has 0 N–H and O–H groups in total. The molecule has 0 saturated carbocycles. The molecule has 0 bridgehead atoms. The monoisotopic (exact) mass is 390 g/mol. The zero-order valence-corrected chi connectivity index (χ0v) is 15.5. The lowest BCUT2D eigenvalue weighted by Gasteiger charge is -2.09. The van der Waals surface area contributed by atoms with E-state index in [1.54, 1.807) is 24.3 Å². The first-order valence-corrected chi connectivity index (χ1v) is 8.71. The highest BCUT2D eigenvalue weighted by Crippen LogP contribution is 2.29. The molecule has 3 aromatic rings. The van der Waals surface area contributed by atoms with Crippen LogP contribution >= 0.6 is 11.3 Å². The first kappa shape index (κ1) is 18.8. The molecule has 1 aromatic heterocycles. The van der Waals surface area contributed by atoms with Crippen LogP contribution in [0.4, 0.5) is 8.78 Å². The molecule has 1 heterocycles. The number of benzene rings is 2. The number of nitrogens with zero attached hydrogens (tertiary/aromatic N) is 2. The summed E-state index contributed by atoms with van der Waals surface area (Å²) in [6.45, 7) is 3.85. The summed E-state index contributed by atoms with van der Waals surface area (Å²) in [6.07, 6.45) is 1.54. The standard InChI is InChI=1S/C19H16F2N2O3S/c1-4-8-23-17-12(21)9-11(20)10-15(17)27-19(23)22-18(24)16-13(25-2)6-5-7-14(16)26-3/h4-7,9-10H,1,8H2,2-3H3. The van der Waals surface area contributed by atoms with Gasteiger partial charge in [0, 0.05) is 12.6 Å². The lowest BCUT2D eigenvalue weighted by molar-refractivity contribution is 0.0992. The number of methoxy groups -OCH3 is 2. The summed E-state index contributed by atoms with van der Waals surface area (Å²) in [6, 6.07) is 6.91. The van der Waals surface area contributed by atoms with E-state index in [2.05, 4.69) is 11.6 Å². The minimum Gasteiger partial charge on any atom is -0.496 e. The number of fused-ring (bicyclic) bond motifs is 1. The molecule has 0 atom stereocenters. The van der Waals surface area contributed by atoms with Gasteiger partial charge in [0.15, 0.2) is 10.6 Å². The number of halogens is 2. The van der Waals surface area contributed by atoms with Crippen LogP contribution in [0.3, 0.4) is 0 Å². The van der Waals surface area contributed by atoms with Crippen LogP contribution in [0.5, 0.6) is 11.5 Å². The van der Waals surface area contributed by atoms with Gasteiger partial charge in [-0.05, 0) is 18.2 Å². The highest BCUT2D eigenvalue weighted by molar-refractivity contribution is 7.16. The molecule has 0 unspecified atom stereocenters. The second kappa shape index (κ2) is 7.71. The van der Waals surface area contributed by atoms with Crippen molar-refractivity contribution in [1.29, 1.82) is 0 Å². The van der Waals surface area contributed by atoms with Crippen molar-refractivity contribution in [2.24, 2.45) is 4.99 Å². The average molecular weight is 390 g/mol. The molecule has 140 valence electrons. The van der Waals surface area contributed by atoms with Crippen molar-refractivity contribution in [1.82, 2.24) is 4.57 Å². The fraction of sp³-hybridized carbons (Fsp3) is 0.158. The highest BCUT2D eigenvalue weighted by Gasteiger charge is 2.19. The molecule has 2 aromatic carbocycles. The maximum absolute atomic E-state index is 14.3. The van der Waals surface area contributed by atoms with Crippen LogP contribution in [0.2, 0.25) is 0 Å². The van der Waals surface area contributed by atoms with Gasteiger partial charge in [0.25, 0.3) is 5.91 Å². The summed E-state index contributed by atoms with van der Waals surface area (Å²) in [4.78, 5) is 17.2. The fourth-order valence-corrected chi connectivity index (χ4v) is 3.79. The van der Waals surface area contributed by atoms with Crippen molar-refractivity contribution < 1.29 is 23.0 Å². The van der Waals surface area contributed by atoms with Crippen molar-refractivity contribution in [2.75, 3.05) is 14.2 Å². The van der Waals surface area contributed by atoms with Crippen molar-refractivity contribution >= 4 is 27.5 Å². The summed E-state index contributed by atoms with van der Waals surface area (Å²) in [5.41, 5.74) is 0.316. The zero-order chi connectivity index (χ0) is 19.6.